The van der Waals surface area contributed by atoms with Crippen LogP contribution in [-0.4, -0.2) is 33.3 Å². The molecule has 1 fully saturated rings. The molecule has 7 heteroatoms. The fourth-order valence-electron chi connectivity index (χ4n) is 2.79. The van der Waals surface area contributed by atoms with Crippen molar-refractivity contribution in [3.8, 4) is 6.07 Å². The second-order valence-electron chi connectivity index (χ2n) is 5.30. The molecule has 1 aliphatic heterocycles. The van der Waals surface area contributed by atoms with E-state index in [9.17, 15) is 10.1 Å². The van der Waals surface area contributed by atoms with Crippen LogP contribution < -0.4 is 10.6 Å². The molecule has 3 rings (SSSR count). The number of hydrogen-bond acceptors (Lipinski definition) is 5. The van der Waals surface area contributed by atoms with Gasteiger partial charge in [0.25, 0.3) is 0 Å². The minimum absolute atomic E-state index is 0.165. The summed E-state index contributed by atoms with van der Waals surface area (Å²) >= 11 is 0. The Hall–Kier alpha value is -2.62. The van der Waals surface area contributed by atoms with Crippen molar-refractivity contribution in [3.05, 3.63) is 39.8 Å². The van der Waals surface area contributed by atoms with Crippen molar-refractivity contribution in [1.29, 1.82) is 5.26 Å². The van der Waals surface area contributed by atoms with Crippen molar-refractivity contribution in [2.24, 2.45) is 0 Å². The van der Waals surface area contributed by atoms with Crippen LogP contribution in [0.5, 0.6) is 0 Å². The summed E-state index contributed by atoms with van der Waals surface area (Å²) in [5.74, 6) is 0.853. The molecule has 1 saturated heterocycles. The molecule has 2 aromatic heterocycles. The van der Waals surface area contributed by atoms with E-state index in [-0.39, 0.29) is 11.6 Å². The van der Waals surface area contributed by atoms with E-state index in [0.717, 1.165) is 37.3 Å². The van der Waals surface area contributed by atoms with Crippen LogP contribution in [0.4, 0.5) is 5.69 Å². The summed E-state index contributed by atoms with van der Waals surface area (Å²) in [4.78, 5) is 20.3. The van der Waals surface area contributed by atoms with E-state index >= 15 is 0 Å². The van der Waals surface area contributed by atoms with Crippen LogP contribution in [0, 0.1) is 18.3 Å². The van der Waals surface area contributed by atoms with Crippen LogP contribution in [0.3, 0.4) is 0 Å². The third kappa shape index (κ3) is 2.65. The maximum atomic E-state index is 11.2. The largest absolute Gasteiger partial charge is 0.370 e. The highest BCUT2D eigenvalue weighted by atomic mass is 16.1. The Balaban J connectivity index is 1.88. The number of rotatable bonds is 2. The standard InChI is InChI=1S/C14H16N6O/c1-9-5-12(11(6-15)7-16-9)20-4-2-3-10(8-20)13-17-14(21)19-18-13/h5,7,10H,2-4,8H2,1H3,(H2,17,18,19,21). The second kappa shape index (κ2) is 5.40. The molecular formula is C14H16N6O. The number of nitriles is 1. The number of aryl methyl sites for hydroxylation is 1. The van der Waals surface area contributed by atoms with Crippen LogP contribution in [0.15, 0.2) is 17.1 Å². The molecule has 0 amide bonds. The van der Waals surface area contributed by atoms with Crippen molar-refractivity contribution in [3.63, 3.8) is 0 Å². The molecule has 2 N–H and O–H groups in total. The molecule has 0 bridgehead atoms. The van der Waals surface area contributed by atoms with Crippen molar-refractivity contribution < 1.29 is 0 Å². The Bertz CT molecular complexity index is 740. The normalized spacial score (nSPS) is 18.5. The highest BCUT2D eigenvalue weighted by Crippen LogP contribution is 2.29. The fraction of sp³-hybridized carbons (Fsp3) is 0.429. The minimum atomic E-state index is -0.278. The lowest BCUT2D eigenvalue weighted by Gasteiger charge is -2.33. The molecule has 0 saturated carbocycles. The van der Waals surface area contributed by atoms with Crippen LogP contribution >= 0.6 is 0 Å². The predicted octanol–water partition coefficient (Wildman–Crippen LogP) is 1.06. The summed E-state index contributed by atoms with van der Waals surface area (Å²) in [5, 5.41) is 15.7. The predicted molar refractivity (Wildman–Crippen MR) is 77.1 cm³/mol. The molecule has 0 aliphatic carbocycles. The monoisotopic (exact) mass is 284 g/mol. The molecule has 3 heterocycles. The first-order valence-electron chi connectivity index (χ1n) is 6.93. The van der Waals surface area contributed by atoms with Gasteiger partial charge in [-0.3, -0.25) is 9.97 Å². The van der Waals surface area contributed by atoms with Gasteiger partial charge in [0.15, 0.2) is 0 Å². The van der Waals surface area contributed by atoms with Gasteiger partial charge >= 0.3 is 5.69 Å². The van der Waals surface area contributed by atoms with E-state index in [1.807, 2.05) is 13.0 Å². The van der Waals surface area contributed by atoms with Crippen molar-refractivity contribution in [2.45, 2.75) is 25.7 Å². The van der Waals surface area contributed by atoms with Gasteiger partial charge in [0, 0.05) is 30.9 Å². The van der Waals surface area contributed by atoms with E-state index in [1.165, 1.54) is 0 Å². The summed E-state index contributed by atoms with van der Waals surface area (Å²) in [7, 11) is 0. The first kappa shape index (κ1) is 13.4. The average molecular weight is 284 g/mol. The smallest absolute Gasteiger partial charge is 0.340 e. The molecule has 0 radical (unpaired) electrons. The Morgan fingerprint density at radius 2 is 2.38 bits per heavy atom. The quantitative estimate of drug-likeness (QED) is 0.858. The van der Waals surface area contributed by atoms with E-state index in [2.05, 4.69) is 31.1 Å². The number of nitrogens with zero attached hydrogens (tertiary/aromatic N) is 4. The number of pyridine rings is 1. The number of piperidine rings is 1. The maximum Gasteiger partial charge on any atom is 0.340 e. The number of aromatic amines is 2. The van der Waals surface area contributed by atoms with Crippen molar-refractivity contribution in [2.75, 3.05) is 18.0 Å². The average Bonchev–Trinajstić information content (AvgIpc) is 2.94. The zero-order chi connectivity index (χ0) is 14.8. The van der Waals surface area contributed by atoms with Crippen LogP contribution in [0.1, 0.15) is 35.8 Å². The van der Waals surface area contributed by atoms with Gasteiger partial charge in [-0.15, -0.1) is 0 Å². The number of nitrogens with one attached hydrogen (secondary N) is 2. The number of H-pyrrole nitrogens is 2. The van der Waals surface area contributed by atoms with Crippen LogP contribution in [0.25, 0.3) is 0 Å². The van der Waals surface area contributed by atoms with Gasteiger partial charge in [0.1, 0.15) is 11.9 Å². The maximum absolute atomic E-state index is 11.2. The van der Waals surface area contributed by atoms with E-state index in [0.29, 0.717) is 11.4 Å². The lowest BCUT2D eigenvalue weighted by atomic mass is 9.96. The fourth-order valence-corrected chi connectivity index (χ4v) is 2.79. The van der Waals surface area contributed by atoms with Crippen LogP contribution in [-0.2, 0) is 0 Å². The van der Waals surface area contributed by atoms with E-state index < -0.39 is 0 Å². The zero-order valence-electron chi connectivity index (χ0n) is 11.8. The summed E-state index contributed by atoms with van der Waals surface area (Å²) in [5.41, 5.74) is 2.10. The van der Waals surface area contributed by atoms with Gasteiger partial charge in [-0.05, 0) is 25.8 Å². The van der Waals surface area contributed by atoms with E-state index in [1.54, 1.807) is 6.20 Å². The summed E-state index contributed by atoms with van der Waals surface area (Å²) in [6.45, 7) is 3.54. The SMILES string of the molecule is Cc1cc(N2CCCC(c3n[nH]c(=O)[nH]3)C2)c(C#N)cn1. The molecule has 1 atom stereocenters. The zero-order valence-corrected chi connectivity index (χ0v) is 11.8. The lowest BCUT2D eigenvalue weighted by Crippen LogP contribution is -2.35. The first-order valence-corrected chi connectivity index (χ1v) is 6.93. The molecule has 21 heavy (non-hydrogen) atoms. The van der Waals surface area contributed by atoms with Gasteiger partial charge in [-0.25, -0.2) is 9.89 Å². The summed E-state index contributed by atoms with van der Waals surface area (Å²) < 4.78 is 0. The molecule has 7 nitrogen and oxygen atoms in total. The molecule has 1 unspecified atom stereocenters. The topological polar surface area (TPSA) is 101 Å². The van der Waals surface area contributed by atoms with E-state index in [4.69, 9.17) is 0 Å². The summed E-state index contributed by atoms with van der Waals surface area (Å²) in [6, 6.07) is 4.13. The third-order valence-electron chi connectivity index (χ3n) is 3.81. The summed E-state index contributed by atoms with van der Waals surface area (Å²) in [6.07, 6.45) is 3.58. The van der Waals surface area contributed by atoms with Gasteiger partial charge in [-0.2, -0.15) is 10.4 Å². The Morgan fingerprint density at radius 3 is 3.10 bits per heavy atom. The lowest BCUT2D eigenvalue weighted by molar-refractivity contribution is 0.492. The van der Waals surface area contributed by atoms with Gasteiger partial charge in [0.05, 0.1) is 11.3 Å². The molecule has 0 spiro atoms. The van der Waals surface area contributed by atoms with Crippen LogP contribution in [0.2, 0.25) is 0 Å². The van der Waals surface area contributed by atoms with Gasteiger partial charge in [0.2, 0.25) is 0 Å². The number of aromatic nitrogens is 4. The Morgan fingerprint density at radius 1 is 1.52 bits per heavy atom. The van der Waals surface area contributed by atoms with Crippen molar-refractivity contribution in [1.82, 2.24) is 20.2 Å². The second-order valence-corrected chi connectivity index (χ2v) is 5.30. The first-order chi connectivity index (χ1) is 10.2. The molecular weight excluding hydrogens is 268 g/mol. The third-order valence-corrected chi connectivity index (χ3v) is 3.81. The Labute approximate surface area is 121 Å². The molecule has 0 aromatic carbocycles. The number of anilines is 1. The minimum Gasteiger partial charge on any atom is -0.370 e. The number of hydrogen-bond donors (Lipinski definition) is 2. The highest BCUT2D eigenvalue weighted by Gasteiger charge is 2.25. The van der Waals surface area contributed by atoms with Crippen molar-refractivity contribution >= 4 is 5.69 Å². The molecule has 108 valence electrons. The van der Waals surface area contributed by atoms with Gasteiger partial charge < -0.3 is 4.90 Å². The van der Waals surface area contributed by atoms with Gasteiger partial charge in [-0.1, -0.05) is 0 Å². The molecule has 1 aliphatic rings. The highest BCUT2D eigenvalue weighted by molar-refractivity contribution is 5.59. The Kier molecular flexibility index (Phi) is 3.44. The molecule has 2 aromatic rings.